The van der Waals surface area contributed by atoms with Gasteiger partial charge < -0.3 is 19.7 Å². The van der Waals surface area contributed by atoms with Crippen molar-refractivity contribution >= 4 is 23.0 Å². The first-order chi connectivity index (χ1) is 14.0. The molecule has 0 saturated heterocycles. The van der Waals surface area contributed by atoms with E-state index in [0.29, 0.717) is 35.8 Å². The van der Waals surface area contributed by atoms with Crippen LogP contribution in [0.25, 0.3) is 5.52 Å². The van der Waals surface area contributed by atoms with E-state index in [1.165, 1.54) is 7.11 Å². The zero-order valence-electron chi connectivity index (χ0n) is 16.9. The third kappa shape index (κ3) is 3.87. The number of hydrogen-bond donors (Lipinski definition) is 1. The largest absolute Gasteiger partial charge is 0.497 e. The molecule has 0 radical (unpaired) electrons. The van der Waals surface area contributed by atoms with Gasteiger partial charge in [-0.3, -0.25) is 14.0 Å². The van der Waals surface area contributed by atoms with E-state index < -0.39 is 5.91 Å². The lowest BCUT2D eigenvalue weighted by Crippen LogP contribution is -2.32. The lowest BCUT2D eigenvalue weighted by atomic mass is 10.2. The van der Waals surface area contributed by atoms with Crippen molar-refractivity contribution in [3.63, 3.8) is 0 Å². The molecule has 8 heteroatoms. The molecule has 1 N–H and O–H groups in total. The van der Waals surface area contributed by atoms with Crippen LogP contribution < -0.4 is 14.8 Å². The molecule has 0 unspecified atom stereocenters. The molecular formula is C21H24N4O4. The third-order valence-corrected chi connectivity index (χ3v) is 4.66. The Morgan fingerprint density at radius 3 is 2.52 bits per heavy atom. The minimum Gasteiger partial charge on any atom is -0.497 e. The summed E-state index contributed by atoms with van der Waals surface area (Å²) in [6.45, 7) is 4.92. The van der Waals surface area contributed by atoms with Crippen molar-refractivity contribution in [1.29, 1.82) is 0 Å². The van der Waals surface area contributed by atoms with Gasteiger partial charge >= 0.3 is 0 Å². The molecule has 0 atom stereocenters. The van der Waals surface area contributed by atoms with Crippen LogP contribution in [0.2, 0.25) is 0 Å². The van der Waals surface area contributed by atoms with E-state index in [0.717, 1.165) is 0 Å². The maximum Gasteiger partial charge on any atom is 0.290 e. The summed E-state index contributed by atoms with van der Waals surface area (Å²) in [5.74, 6) is 0.593. The van der Waals surface area contributed by atoms with E-state index in [-0.39, 0.29) is 17.4 Å². The van der Waals surface area contributed by atoms with E-state index >= 15 is 0 Å². The fourth-order valence-corrected chi connectivity index (χ4v) is 3.10. The second kappa shape index (κ2) is 8.64. The Labute approximate surface area is 169 Å². The number of ether oxygens (including phenoxy) is 2. The van der Waals surface area contributed by atoms with Gasteiger partial charge in [-0.25, -0.2) is 4.98 Å². The summed E-state index contributed by atoms with van der Waals surface area (Å²) in [5.41, 5.74) is 1.15. The van der Waals surface area contributed by atoms with Crippen LogP contribution in [0.4, 0.5) is 5.69 Å². The molecule has 0 fully saturated rings. The topological polar surface area (TPSA) is 85.2 Å². The number of pyridine rings is 1. The third-order valence-electron chi connectivity index (χ3n) is 4.66. The first-order valence-electron chi connectivity index (χ1n) is 9.33. The predicted octanol–water partition coefficient (Wildman–Crippen LogP) is 3.09. The first-order valence-corrected chi connectivity index (χ1v) is 9.33. The summed E-state index contributed by atoms with van der Waals surface area (Å²) in [4.78, 5) is 32.0. The van der Waals surface area contributed by atoms with Crippen LogP contribution in [-0.2, 0) is 0 Å². The highest BCUT2D eigenvalue weighted by molar-refractivity contribution is 6.09. The summed E-state index contributed by atoms with van der Waals surface area (Å²) in [7, 11) is 3.06. The summed E-state index contributed by atoms with van der Waals surface area (Å²) < 4.78 is 12.2. The van der Waals surface area contributed by atoms with Gasteiger partial charge in [0.1, 0.15) is 11.5 Å². The quantitative estimate of drug-likeness (QED) is 0.663. The van der Waals surface area contributed by atoms with E-state index in [1.807, 2.05) is 13.8 Å². The molecule has 29 heavy (non-hydrogen) atoms. The first kappa shape index (κ1) is 20.2. The second-order valence-electron chi connectivity index (χ2n) is 6.24. The SMILES string of the molecule is CCN(CC)C(=O)c1nc(C(=O)Nc2cc(OC)ccc2OC)c2ccccn12. The Hall–Kier alpha value is -3.55. The number of benzene rings is 1. The minimum absolute atomic E-state index is 0.158. The van der Waals surface area contributed by atoms with Gasteiger partial charge in [-0.05, 0) is 38.1 Å². The molecule has 0 aliphatic carbocycles. The predicted molar refractivity (Wildman–Crippen MR) is 110 cm³/mol. The van der Waals surface area contributed by atoms with Gasteiger partial charge in [0.15, 0.2) is 5.69 Å². The molecule has 152 valence electrons. The van der Waals surface area contributed by atoms with Gasteiger partial charge in [0.25, 0.3) is 11.8 Å². The van der Waals surface area contributed by atoms with Crippen LogP contribution in [-0.4, -0.2) is 53.4 Å². The van der Waals surface area contributed by atoms with E-state index in [1.54, 1.807) is 59.0 Å². The number of nitrogens with zero attached hydrogens (tertiary/aromatic N) is 3. The lowest BCUT2D eigenvalue weighted by Gasteiger charge is -2.17. The Morgan fingerprint density at radius 2 is 1.86 bits per heavy atom. The summed E-state index contributed by atoms with van der Waals surface area (Å²) >= 11 is 0. The number of fused-ring (bicyclic) bond motifs is 1. The number of carbonyl (C=O) groups is 2. The average Bonchev–Trinajstić information content (AvgIpc) is 3.14. The molecular weight excluding hydrogens is 372 g/mol. The second-order valence-corrected chi connectivity index (χ2v) is 6.24. The van der Waals surface area contributed by atoms with Crippen molar-refractivity contribution in [3.8, 4) is 11.5 Å². The van der Waals surface area contributed by atoms with Gasteiger partial charge in [-0.1, -0.05) is 6.07 Å². The highest BCUT2D eigenvalue weighted by Crippen LogP contribution is 2.29. The number of carbonyl (C=O) groups excluding carboxylic acids is 2. The number of methoxy groups -OCH3 is 2. The molecule has 8 nitrogen and oxygen atoms in total. The number of hydrogen-bond acceptors (Lipinski definition) is 5. The zero-order chi connectivity index (χ0) is 21.0. The van der Waals surface area contributed by atoms with Crippen LogP contribution >= 0.6 is 0 Å². The molecule has 3 rings (SSSR count). The number of rotatable bonds is 7. The van der Waals surface area contributed by atoms with Crippen LogP contribution in [0, 0.1) is 0 Å². The average molecular weight is 396 g/mol. The van der Waals surface area contributed by atoms with Crippen molar-refractivity contribution in [2.24, 2.45) is 0 Å². The van der Waals surface area contributed by atoms with Crippen molar-refractivity contribution in [3.05, 3.63) is 54.1 Å². The number of amides is 2. The molecule has 0 spiro atoms. The highest BCUT2D eigenvalue weighted by Gasteiger charge is 2.24. The van der Waals surface area contributed by atoms with Crippen molar-refractivity contribution < 1.29 is 19.1 Å². The molecule has 1 aromatic carbocycles. The lowest BCUT2D eigenvalue weighted by molar-refractivity contribution is 0.0760. The van der Waals surface area contributed by atoms with Gasteiger partial charge in [0.05, 0.1) is 25.4 Å². The molecule has 3 aromatic rings. The molecule has 2 amide bonds. The van der Waals surface area contributed by atoms with Gasteiger partial charge in [-0.15, -0.1) is 0 Å². The number of imidazole rings is 1. The molecule has 2 aromatic heterocycles. The molecule has 2 heterocycles. The summed E-state index contributed by atoms with van der Waals surface area (Å²) in [5, 5.41) is 2.81. The van der Waals surface area contributed by atoms with Crippen molar-refractivity contribution in [2.75, 3.05) is 32.6 Å². The van der Waals surface area contributed by atoms with E-state index in [2.05, 4.69) is 10.3 Å². The zero-order valence-corrected chi connectivity index (χ0v) is 16.9. The van der Waals surface area contributed by atoms with Crippen LogP contribution in [0.5, 0.6) is 11.5 Å². The maximum absolute atomic E-state index is 13.0. The Bertz CT molecular complexity index is 1040. The fraction of sp³-hybridized carbons (Fsp3) is 0.286. The Morgan fingerprint density at radius 1 is 1.10 bits per heavy atom. The van der Waals surface area contributed by atoms with Gasteiger partial charge in [0.2, 0.25) is 5.82 Å². The number of aromatic nitrogens is 2. The van der Waals surface area contributed by atoms with E-state index in [9.17, 15) is 9.59 Å². The smallest absolute Gasteiger partial charge is 0.290 e. The van der Waals surface area contributed by atoms with Gasteiger partial charge in [-0.2, -0.15) is 0 Å². The number of anilines is 1. The standard InChI is InChI=1S/C21H24N4O4/c1-5-24(6-2)21(27)19-23-18(16-9-7-8-12-25(16)19)20(26)22-15-13-14(28-3)10-11-17(15)29-4/h7-13H,5-6H2,1-4H3,(H,22,26). The van der Waals surface area contributed by atoms with Crippen LogP contribution in [0.1, 0.15) is 35.0 Å². The van der Waals surface area contributed by atoms with Crippen molar-refractivity contribution in [1.82, 2.24) is 14.3 Å². The Kier molecular flexibility index (Phi) is 6.01. The van der Waals surface area contributed by atoms with Crippen LogP contribution in [0.15, 0.2) is 42.6 Å². The highest BCUT2D eigenvalue weighted by atomic mass is 16.5. The van der Waals surface area contributed by atoms with E-state index in [4.69, 9.17) is 9.47 Å². The Balaban J connectivity index is 2.02. The molecule has 0 saturated carbocycles. The minimum atomic E-state index is -0.446. The maximum atomic E-state index is 13.0. The molecule has 0 aliphatic rings. The van der Waals surface area contributed by atoms with Crippen LogP contribution in [0.3, 0.4) is 0 Å². The molecule has 0 aliphatic heterocycles. The van der Waals surface area contributed by atoms with Gasteiger partial charge in [0, 0.05) is 25.4 Å². The summed E-state index contributed by atoms with van der Waals surface area (Å²) in [6.07, 6.45) is 1.72. The van der Waals surface area contributed by atoms with Crippen molar-refractivity contribution in [2.45, 2.75) is 13.8 Å². The number of nitrogens with one attached hydrogen (secondary N) is 1. The normalized spacial score (nSPS) is 10.6. The molecule has 0 bridgehead atoms. The fourth-order valence-electron chi connectivity index (χ4n) is 3.10. The monoisotopic (exact) mass is 396 g/mol. The summed E-state index contributed by atoms with van der Waals surface area (Å²) in [6, 6.07) is 10.4.